The van der Waals surface area contributed by atoms with Crippen LogP contribution in [-0.2, 0) is 0 Å². The van der Waals surface area contributed by atoms with Gasteiger partial charge in [-0.1, -0.05) is 12.1 Å². The lowest BCUT2D eigenvalue weighted by Gasteiger charge is -2.09. The molecule has 21 heavy (non-hydrogen) atoms. The predicted octanol–water partition coefficient (Wildman–Crippen LogP) is 3.07. The first-order valence-corrected chi connectivity index (χ1v) is 7.69. The van der Waals surface area contributed by atoms with E-state index in [4.69, 9.17) is 4.74 Å². The van der Waals surface area contributed by atoms with Crippen molar-refractivity contribution in [3.05, 3.63) is 40.9 Å². The Bertz CT molecular complexity index is 612. The lowest BCUT2D eigenvalue weighted by atomic mass is 10.2. The number of nitrogens with zero attached hydrogens (tertiary/aromatic N) is 1. The maximum atomic E-state index is 12.3. The van der Waals surface area contributed by atoms with Crippen molar-refractivity contribution in [2.45, 2.75) is 19.9 Å². The SMILES string of the molecule is CCOc1ccccc1C(=O)Nc1nc(C(C)NC)cs1. The van der Waals surface area contributed by atoms with E-state index in [0.717, 1.165) is 5.69 Å². The lowest BCUT2D eigenvalue weighted by molar-refractivity contribution is 0.102. The van der Waals surface area contributed by atoms with Gasteiger partial charge in [-0.05, 0) is 33.0 Å². The van der Waals surface area contributed by atoms with Crippen molar-refractivity contribution in [3.63, 3.8) is 0 Å². The number of carbonyl (C=O) groups excluding carboxylic acids is 1. The number of ether oxygens (including phenoxy) is 1. The molecule has 0 aliphatic rings. The van der Waals surface area contributed by atoms with Gasteiger partial charge in [-0.15, -0.1) is 11.3 Å². The topological polar surface area (TPSA) is 63.2 Å². The van der Waals surface area contributed by atoms with Crippen LogP contribution in [0.3, 0.4) is 0 Å². The van der Waals surface area contributed by atoms with Crippen LogP contribution in [0.15, 0.2) is 29.6 Å². The van der Waals surface area contributed by atoms with Crippen LogP contribution >= 0.6 is 11.3 Å². The summed E-state index contributed by atoms with van der Waals surface area (Å²) in [6.45, 7) is 4.43. The molecule has 0 bridgehead atoms. The molecule has 0 fully saturated rings. The lowest BCUT2D eigenvalue weighted by Crippen LogP contribution is -2.15. The minimum absolute atomic E-state index is 0.155. The van der Waals surface area contributed by atoms with Crippen molar-refractivity contribution in [2.24, 2.45) is 0 Å². The maximum absolute atomic E-state index is 12.3. The Balaban J connectivity index is 2.13. The number of aromatic nitrogens is 1. The zero-order valence-corrected chi connectivity index (χ0v) is 13.2. The number of carbonyl (C=O) groups is 1. The van der Waals surface area contributed by atoms with Crippen LogP contribution in [0.25, 0.3) is 0 Å². The second kappa shape index (κ2) is 7.19. The first-order valence-electron chi connectivity index (χ1n) is 6.81. The molecule has 6 heteroatoms. The van der Waals surface area contributed by atoms with E-state index in [9.17, 15) is 4.79 Å². The molecular weight excluding hydrogens is 286 g/mol. The smallest absolute Gasteiger partial charge is 0.261 e. The third-order valence-corrected chi connectivity index (χ3v) is 3.83. The van der Waals surface area contributed by atoms with Gasteiger partial charge in [-0.25, -0.2) is 4.98 Å². The molecule has 2 rings (SSSR count). The van der Waals surface area contributed by atoms with E-state index in [1.807, 2.05) is 38.4 Å². The zero-order valence-electron chi connectivity index (χ0n) is 12.3. The Labute approximate surface area is 128 Å². The fourth-order valence-electron chi connectivity index (χ4n) is 1.79. The summed E-state index contributed by atoms with van der Waals surface area (Å²) in [5.41, 5.74) is 1.42. The first kappa shape index (κ1) is 15.5. The van der Waals surface area contributed by atoms with Crippen molar-refractivity contribution in [1.82, 2.24) is 10.3 Å². The third-order valence-electron chi connectivity index (χ3n) is 3.05. The molecule has 1 heterocycles. The summed E-state index contributed by atoms with van der Waals surface area (Å²) in [5.74, 6) is 0.370. The molecular formula is C15H19N3O2S. The molecule has 5 nitrogen and oxygen atoms in total. The molecule has 1 aromatic heterocycles. The van der Waals surface area contributed by atoms with Gasteiger partial charge in [-0.3, -0.25) is 10.1 Å². The minimum atomic E-state index is -0.211. The largest absolute Gasteiger partial charge is 0.493 e. The van der Waals surface area contributed by atoms with Gasteiger partial charge in [-0.2, -0.15) is 0 Å². The Hall–Kier alpha value is -1.92. The van der Waals surface area contributed by atoms with Crippen molar-refractivity contribution < 1.29 is 9.53 Å². The number of hydrogen-bond acceptors (Lipinski definition) is 5. The van der Waals surface area contributed by atoms with Crippen LogP contribution in [0.4, 0.5) is 5.13 Å². The van der Waals surface area contributed by atoms with Crippen LogP contribution in [0.5, 0.6) is 5.75 Å². The van der Waals surface area contributed by atoms with Gasteiger partial charge in [0.25, 0.3) is 5.91 Å². The van der Waals surface area contributed by atoms with Gasteiger partial charge in [0.1, 0.15) is 5.75 Å². The Morgan fingerprint density at radius 3 is 2.90 bits per heavy atom. The maximum Gasteiger partial charge on any atom is 0.261 e. The molecule has 0 aliphatic heterocycles. The molecule has 1 aromatic carbocycles. The fourth-order valence-corrected chi connectivity index (χ4v) is 2.59. The molecule has 1 amide bonds. The van der Waals surface area contributed by atoms with E-state index in [1.54, 1.807) is 12.1 Å². The number of hydrogen-bond donors (Lipinski definition) is 2. The molecule has 0 saturated carbocycles. The Kier molecular flexibility index (Phi) is 5.30. The molecule has 0 aliphatic carbocycles. The minimum Gasteiger partial charge on any atom is -0.493 e. The number of thiazole rings is 1. The van der Waals surface area contributed by atoms with Gasteiger partial charge in [0.05, 0.1) is 17.9 Å². The summed E-state index contributed by atoms with van der Waals surface area (Å²) in [5, 5.41) is 8.46. The number of rotatable bonds is 6. The Morgan fingerprint density at radius 2 is 2.19 bits per heavy atom. The van der Waals surface area contributed by atoms with E-state index in [2.05, 4.69) is 15.6 Å². The highest BCUT2D eigenvalue weighted by Gasteiger charge is 2.14. The standard InChI is InChI=1S/C15H19N3O2S/c1-4-20-13-8-6-5-7-11(13)14(19)18-15-17-12(9-21-15)10(2)16-3/h5-10,16H,4H2,1-3H3,(H,17,18,19). The third kappa shape index (κ3) is 3.80. The number of benzene rings is 1. The van der Waals surface area contributed by atoms with Gasteiger partial charge in [0.2, 0.25) is 0 Å². The summed E-state index contributed by atoms with van der Waals surface area (Å²) < 4.78 is 5.47. The molecule has 0 spiro atoms. The second-order valence-corrected chi connectivity index (χ2v) is 5.33. The van der Waals surface area contributed by atoms with Crippen molar-refractivity contribution in [3.8, 4) is 5.75 Å². The average molecular weight is 305 g/mol. The number of anilines is 1. The monoisotopic (exact) mass is 305 g/mol. The summed E-state index contributed by atoms with van der Waals surface area (Å²) in [6.07, 6.45) is 0. The van der Waals surface area contributed by atoms with Gasteiger partial charge in [0, 0.05) is 11.4 Å². The Morgan fingerprint density at radius 1 is 1.43 bits per heavy atom. The summed E-state index contributed by atoms with van der Waals surface area (Å²) >= 11 is 1.41. The first-order chi connectivity index (χ1) is 10.2. The number of amides is 1. The van der Waals surface area contributed by atoms with Crippen molar-refractivity contribution in [2.75, 3.05) is 19.0 Å². The molecule has 0 saturated heterocycles. The highest BCUT2D eigenvalue weighted by atomic mass is 32.1. The quantitative estimate of drug-likeness (QED) is 0.861. The van der Waals surface area contributed by atoms with E-state index >= 15 is 0 Å². The summed E-state index contributed by atoms with van der Waals surface area (Å²) in [7, 11) is 1.88. The summed E-state index contributed by atoms with van der Waals surface area (Å²) in [4.78, 5) is 16.7. The van der Waals surface area contributed by atoms with E-state index in [-0.39, 0.29) is 11.9 Å². The van der Waals surface area contributed by atoms with Crippen LogP contribution in [0.2, 0.25) is 0 Å². The normalized spacial score (nSPS) is 12.0. The van der Waals surface area contributed by atoms with E-state index in [0.29, 0.717) is 23.1 Å². The van der Waals surface area contributed by atoms with Crippen LogP contribution in [0.1, 0.15) is 35.9 Å². The van der Waals surface area contributed by atoms with E-state index in [1.165, 1.54) is 11.3 Å². The number of nitrogens with one attached hydrogen (secondary N) is 2. The molecule has 112 valence electrons. The van der Waals surface area contributed by atoms with Crippen LogP contribution in [0, 0.1) is 0 Å². The molecule has 2 aromatic rings. The van der Waals surface area contributed by atoms with Gasteiger partial charge >= 0.3 is 0 Å². The predicted molar refractivity (Wildman–Crippen MR) is 85.2 cm³/mol. The van der Waals surface area contributed by atoms with Gasteiger partial charge < -0.3 is 10.1 Å². The highest BCUT2D eigenvalue weighted by molar-refractivity contribution is 7.14. The van der Waals surface area contributed by atoms with Gasteiger partial charge in [0.15, 0.2) is 5.13 Å². The number of para-hydroxylation sites is 1. The average Bonchev–Trinajstić information content (AvgIpc) is 2.95. The molecule has 1 unspecified atom stereocenters. The van der Waals surface area contributed by atoms with Crippen LogP contribution in [-0.4, -0.2) is 24.5 Å². The summed E-state index contributed by atoms with van der Waals surface area (Å²) in [6, 6.07) is 7.34. The molecule has 2 N–H and O–H groups in total. The highest BCUT2D eigenvalue weighted by Crippen LogP contribution is 2.23. The van der Waals surface area contributed by atoms with Crippen molar-refractivity contribution >= 4 is 22.4 Å². The second-order valence-electron chi connectivity index (χ2n) is 4.47. The molecule has 0 radical (unpaired) electrons. The molecule has 1 atom stereocenters. The van der Waals surface area contributed by atoms with E-state index < -0.39 is 0 Å². The van der Waals surface area contributed by atoms with Crippen LogP contribution < -0.4 is 15.4 Å². The van der Waals surface area contributed by atoms with Crippen molar-refractivity contribution in [1.29, 1.82) is 0 Å². The fraction of sp³-hybridized carbons (Fsp3) is 0.333. The zero-order chi connectivity index (χ0) is 15.2.